The molecule has 0 spiro atoms. The van der Waals surface area contributed by atoms with Gasteiger partial charge in [-0.25, -0.2) is 9.59 Å². The van der Waals surface area contributed by atoms with E-state index in [0.717, 1.165) is 24.2 Å². The fourth-order valence-corrected chi connectivity index (χ4v) is 11.5. The van der Waals surface area contributed by atoms with E-state index >= 15 is 0 Å². The highest BCUT2D eigenvalue weighted by Crippen LogP contribution is 2.38. The quantitative estimate of drug-likeness (QED) is 0.0703. The molecule has 0 aromatic heterocycles. The molecule has 0 aromatic carbocycles. The number of carbonyl (C=O) groups excluding carboxylic acids is 6. The van der Waals surface area contributed by atoms with Gasteiger partial charge in [-0.2, -0.15) is 5.06 Å². The summed E-state index contributed by atoms with van der Waals surface area (Å²) < 4.78 is 23.7. The summed E-state index contributed by atoms with van der Waals surface area (Å²) in [6, 6.07) is -2.73. The number of piperidine rings is 2. The second-order valence-corrected chi connectivity index (χ2v) is 22.1. The molecule has 5 aliphatic rings. The average molecular weight is 1030 g/mol. The van der Waals surface area contributed by atoms with Gasteiger partial charge < -0.3 is 44.1 Å². The van der Waals surface area contributed by atoms with Crippen LogP contribution in [0.5, 0.6) is 0 Å². The van der Waals surface area contributed by atoms with E-state index in [-0.39, 0.29) is 67.7 Å². The van der Waals surface area contributed by atoms with E-state index < -0.39 is 89.8 Å². The first kappa shape index (κ1) is 59.8. The molecule has 15 atom stereocenters. The minimum atomic E-state index is -2.59. The molecule has 0 radical (unpaired) electrons. The van der Waals surface area contributed by atoms with Gasteiger partial charge in [0.25, 0.3) is 11.7 Å². The molecule has 1 aliphatic carbocycles. The second-order valence-electron chi connectivity index (χ2n) is 22.1. The zero-order chi connectivity index (χ0) is 53.7. The number of fused-ring (bicyclic) bond motifs is 3. The number of rotatable bonds is 6. The number of aliphatic hydroxyl groups is 3. The van der Waals surface area contributed by atoms with Gasteiger partial charge in [-0.05, 0) is 126 Å². The van der Waals surface area contributed by atoms with Crippen molar-refractivity contribution in [2.75, 3.05) is 33.9 Å². The van der Waals surface area contributed by atoms with Gasteiger partial charge in [0.2, 0.25) is 5.79 Å². The third-order valence-electron chi connectivity index (χ3n) is 16.3. The minimum absolute atomic E-state index is 0.0170. The van der Waals surface area contributed by atoms with E-state index in [4.69, 9.17) is 18.9 Å². The molecule has 410 valence electrons. The number of allylic oxidation sites excluding steroid dienone is 6. The number of cyclic esters (lactones) is 1. The Morgan fingerprint density at radius 1 is 0.849 bits per heavy atom. The molecule has 5 rings (SSSR count). The summed E-state index contributed by atoms with van der Waals surface area (Å²) in [5.41, 5.74) is 0.949. The summed E-state index contributed by atoms with van der Waals surface area (Å²) in [5, 5.41) is 46.6. The third kappa shape index (κ3) is 15.5. The number of ketones is 3. The predicted molar refractivity (Wildman–Crippen MR) is 273 cm³/mol. The van der Waals surface area contributed by atoms with Crippen LogP contribution in [-0.4, -0.2) is 159 Å². The number of urea groups is 1. The van der Waals surface area contributed by atoms with Gasteiger partial charge in [-0.1, -0.05) is 71.1 Å². The van der Waals surface area contributed by atoms with E-state index in [2.05, 4.69) is 0 Å². The first-order chi connectivity index (χ1) is 34.6. The van der Waals surface area contributed by atoms with Crippen LogP contribution < -0.4 is 0 Å². The van der Waals surface area contributed by atoms with Gasteiger partial charge in [-0.15, -0.1) is 0 Å². The topological polar surface area (TPSA) is 230 Å². The number of hydroxylamine groups is 2. The highest BCUT2D eigenvalue weighted by molar-refractivity contribution is 6.39. The van der Waals surface area contributed by atoms with E-state index in [0.29, 0.717) is 80.7 Å². The Kier molecular flexibility index (Phi) is 22.6. The summed E-state index contributed by atoms with van der Waals surface area (Å²) in [6.07, 6.45) is 12.3. The van der Waals surface area contributed by atoms with E-state index in [9.17, 15) is 49.3 Å². The number of esters is 1. The molecule has 1 saturated carbocycles. The van der Waals surface area contributed by atoms with Gasteiger partial charge in [-0.3, -0.25) is 24.4 Å². The molecule has 4 N–H and O–H groups in total. The monoisotopic (exact) mass is 1030 g/mol. The SMILES string of the molecule is COC1C(=O)[C@H](C)C[C@H](C)/C=C/C=C/C=C(\C)C(N(O)C(=O)N2CCCCC2)C[C@@H]2CC[C@@H](C)[C@@](O)(O2)C(=O)C(=O)N2CCCC[C@H]2C(=O)O[C@H]([C@H](C)C[C@@H]2CC[C@@H](O)[C@H](OC)C2)CC(=O)[C@H](C)/C=C(\C)[C@H]1O. The predicted octanol–water partition coefficient (Wildman–Crippen LogP) is 6.83. The zero-order valence-electron chi connectivity index (χ0n) is 45.0. The third-order valence-corrected chi connectivity index (χ3v) is 16.3. The van der Waals surface area contributed by atoms with Crippen LogP contribution in [-0.2, 0) is 42.9 Å². The van der Waals surface area contributed by atoms with Crippen molar-refractivity contribution in [3.8, 4) is 0 Å². The molecule has 17 nitrogen and oxygen atoms in total. The number of Topliss-reactive ketones (excluding diaryl/α,β-unsaturated/α-hetero) is 3. The minimum Gasteiger partial charge on any atom is -0.460 e. The van der Waals surface area contributed by atoms with E-state index in [1.165, 1.54) is 7.11 Å². The molecule has 4 heterocycles. The Balaban J connectivity index is 1.51. The highest BCUT2D eigenvalue weighted by atomic mass is 16.6. The Morgan fingerprint density at radius 3 is 2.23 bits per heavy atom. The van der Waals surface area contributed by atoms with Crippen molar-refractivity contribution in [3.05, 3.63) is 47.6 Å². The van der Waals surface area contributed by atoms with Gasteiger partial charge in [0, 0.05) is 64.4 Å². The lowest BCUT2D eigenvalue weighted by Gasteiger charge is -2.43. The number of carbonyl (C=O) groups is 6. The molecule has 3 saturated heterocycles. The molecule has 73 heavy (non-hydrogen) atoms. The van der Waals surface area contributed by atoms with Crippen LogP contribution in [0, 0.1) is 35.5 Å². The standard InChI is InChI=1S/C56H87N3O14/c1-34-18-12-10-13-19-35(2)44(59(69)55(67)57-25-15-11-16-26-57)32-42-23-21-40(7)56(68,73-42)52(64)53(65)58-27-17-14-20-43(58)54(66)72-47(37(4)30-41-22-24-45(60)48(31-41)70-8)33-46(61)36(3)29-39(6)50(63)51(71-9)49(62)38(5)28-34/h10,12-13,18-19,29,34,36-38,40-45,47-48,50-51,60,63,68-69H,11,14-17,20-28,30-33H2,1-9H3/b13-10+,18-12+,35-19+,39-29+/t34-,36-,37-,38-,40-,41+,42+,43+,44?,45-,47+,48-,50-,51?,56-/m1/s1. The first-order valence-corrected chi connectivity index (χ1v) is 27.0. The van der Waals surface area contributed by atoms with Crippen molar-refractivity contribution in [2.24, 2.45) is 35.5 Å². The molecule has 17 heteroatoms. The molecule has 2 unspecified atom stereocenters. The maximum atomic E-state index is 14.5. The lowest BCUT2D eigenvalue weighted by molar-refractivity contribution is -0.266. The normalized spacial score (nSPS) is 38.5. The number of aliphatic hydroxyl groups excluding tert-OH is 2. The van der Waals surface area contributed by atoms with Crippen LogP contribution in [0.3, 0.4) is 0 Å². The fourth-order valence-electron chi connectivity index (χ4n) is 11.5. The molecule has 4 aliphatic heterocycles. The highest BCUT2D eigenvalue weighted by Gasteiger charge is 2.53. The van der Waals surface area contributed by atoms with Crippen LogP contribution in [0.4, 0.5) is 4.79 Å². The van der Waals surface area contributed by atoms with Gasteiger partial charge in [0.15, 0.2) is 5.78 Å². The fraction of sp³-hybridized carbons (Fsp3) is 0.750. The van der Waals surface area contributed by atoms with Gasteiger partial charge in [0.1, 0.15) is 30.1 Å². The van der Waals surface area contributed by atoms with Crippen molar-refractivity contribution >= 4 is 35.3 Å². The van der Waals surface area contributed by atoms with Crippen molar-refractivity contribution in [3.63, 3.8) is 0 Å². The molecular formula is C56H87N3O14. The van der Waals surface area contributed by atoms with Crippen molar-refractivity contribution in [1.29, 1.82) is 0 Å². The first-order valence-electron chi connectivity index (χ1n) is 27.0. The maximum absolute atomic E-state index is 14.5. The van der Waals surface area contributed by atoms with Gasteiger partial charge >= 0.3 is 12.0 Å². The molecular weight excluding hydrogens is 939 g/mol. The Bertz CT molecular complexity index is 2030. The number of likely N-dealkylation sites (tertiary alicyclic amines) is 1. The molecule has 3 amide bonds. The largest absolute Gasteiger partial charge is 0.460 e. The lowest BCUT2D eigenvalue weighted by atomic mass is 9.78. The smallest absolute Gasteiger partial charge is 0.344 e. The number of ether oxygens (including phenoxy) is 4. The lowest BCUT2D eigenvalue weighted by Crippen LogP contribution is -2.61. The van der Waals surface area contributed by atoms with Crippen molar-refractivity contribution < 1.29 is 68.2 Å². The van der Waals surface area contributed by atoms with Crippen LogP contribution in [0.25, 0.3) is 0 Å². The van der Waals surface area contributed by atoms with Crippen molar-refractivity contribution in [1.82, 2.24) is 14.9 Å². The Hall–Kier alpha value is -4.10. The summed E-state index contributed by atoms with van der Waals surface area (Å²) in [6.45, 7) is 13.3. The second kappa shape index (κ2) is 27.6. The summed E-state index contributed by atoms with van der Waals surface area (Å²) in [4.78, 5) is 88.0. The summed E-state index contributed by atoms with van der Waals surface area (Å²) >= 11 is 0. The number of nitrogens with zero attached hydrogens (tertiary/aromatic N) is 3. The van der Waals surface area contributed by atoms with E-state index in [1.54, 1.807) is 70.9 Å². The van der Waals surface area contributed by atoms with Crippen LogP contribution in [0.15, 0.2) is 47.6 Å². The number of hydrogen-bond acceptors (Lipinski definition) is 14. The average Bonchev–Trinajstić information content (AvgIpc) is 3.38. The van der Waals surface area contributed by atoms with Gasteiger partial charge in [0.05, 0.1) is 24.4 Å². The summed E-state index contributed by atoms with van der Waals surface area (Å²) in [7, 11) is 2.92. The Labute approximate surface area is 433 Å². The number of amides is 3. The van der Waals surface area contributed by atoms with Crippen LogP contribution in [0.1, 0.15) is 145 Å². The number of hydrogen-bond donors (Lipinski definition) is 4. The molecule has 4 fully saturated rings. The van der Waals surface area contributed by atoms with E-state index in [1.807, 2.05) is 26.0 Å². The summed E-state index contributed by atoms with van der Waals surface area (Å²) in [5.74, 6) is -8.77. The number of methoxy groups -OCH3 is 2. The zero-order valence-corrected chi connectivity index (χ0v) is 45.0. The molecule has 0 aromatic rings. The Morgan fingerprint density at radius 2 is 1.55 bits per heavy atom. The molecule has 2 bridgehead atoms. The van der Waals surface area contributed by atoms with Crippen molar-refractivity contribution in [2.45, 2.75) is 199 Å². The maximum Gasteiger partial charge on any atom is 0.344 e. The van der Waals surface area contributed by atoms with Crippen LogP contribution >= 0.6 is 0 Å². The van der Waals surface area contributed by atoms with Crippen LogP contribution in [0.2, 0.25) is 0 Å².